The van der Waals surface area contributed by atoms with Gasteiger partial charge in [0.15, 0.2) is 0 Å². The molecule has 3 N–H and O–H groups in total. The molecule has 1 aromatic rings. The summed E-state index contributed by atoms with van der Waals surface area (Å²) in [5, 5.41) is 9.09. The van der Waals surface area contributed by atoms with E-state index in [0.29, 0.717) is 18.3 Å². The summed E-state index contributed by atoms with van der Waals surface area (Å²) in [6, 6.07) is 1.68. The number of ether oxygens (including phenoxy) is 1. The van der Waals surface area contributed by atoms with Gasteiger partial charge in [-0.3, -0.25) is 0 Å². The maximum atomic E-state index is 11.1. The van der Waals surface area contributed by atoms with Crippen LogP contribution in [0.15, 0.2) is 12.3 Å². The molecule has 1 atom stereocenters. The van der Waals surface area contributed by atoms with Gasteiger partial charge >= 0.3 is 5.97 Å². The number of piperidine rings is 1. The van der Waals surface area contributed by atoms with Gasteiger partial charge in [0.25, 0.3) is 0 Å². The van der Waals surface area contributed by atoms with Crippen LogP contribution in [-0.2, 0) is 0 Å². The molecule has 0 bridgehead atoms. The van der Waals surface area contributed by atoms with Crippen LogP contribution in [0, 0.1) is 0 Å². The van der Waals surface area contributed by atoms with Gasteiger partial charge in [0.2, 0.25) is 5.88 Å². The van der Waals surface area contributed by atoms with Crippen molar-refractivity contribution in [2.24, 2.45) is 0 Å². The lowest BCUT2D eigenvalue weighted by atomic mass is 10.0. The van der Waals surface area contributed by atoms with Gasteiger partial charge in [-0.25, -0.2) is 9.78 Å². The summed E-state index contributed by atoms with van der Waals surface area (Å²) in [6.07, 6.45) is 4.85. The summed E-state index contributed by atoms with van der Waals surface area (Å²) < 4.78 is 5.57. The van der Waals surface area contributed by atoms with E-state index < -0.39 is 5.97 Å². The number of carboxylic acid groups (broad SMARTS) is 1. The molecule has 0 aromatic carbocycles. The Morgan fingerprint density at radius 2 is 2.42 bits per heavy atom. The first-order valence-corrected chi connectivity index (χ1v) is 6.40. The number of likely N-dealkylation sites (tertiary alicyclic amines) is 1. The first-order chi connectivity index (χ1) is 9.08. The minimum Gasteiger partial charge on any atom is -0.477 e. The van der Waals surface area contributed by atoms with E-state index >= 15 is 0 Å². The van der Waals surface area contributed by atoms with E-state index in [1.165, 1.54) is 25.1 Å². The smallest absolute Gasteiger partial charge is 0.341 e. The topological polar surface area (TPSA) is 88.7 Å². The molecule has 0 aliphatic carbocycles. The maximum absolute atomic E-state index is 11.1. The number of hydrogen-bond donors (Lipinski definition) is 2. The Morgan fingerprint density at radius 3 is 3.11 bits per heavy atom. The number of carboxylic acids is 1. The summed E-state index contributed by atoms with van der Waals surface area (Å²) in [4.78, 5) is 17.3. The minimum absolute atomic E-state index is 0.0125. The normalized spacial score (nSPS) is 20.2. The zero-order valence-electron chi connectivity index (χ0n) is 11.0. The Kier molecular flexibility index (Phi) is 4.21. The number of aromatic nitrogens is 1. The molecule has 1 aliphatic heterocycles. The lowest BCUT2D eigenvalue weighted by Gasteiger charge is -2.32. The van der Waals surface area contributed by atoms with Gasteiger partial charge in [-0.2, -0.15) is 0 Å². The van der Waals surface area contributed by atoms with Gasteiger partial charge < -0.3 is 20.5 Å². The van der Waals surface area contributed by atoms with Crippen LogP contribution in [-0.4, -0.2) is 47.2 Å². The third-order valence-electron chi connectivity index (χ3n) is 3.44. The van der Waals surface area contributed by atoms with Crippen LogP contribution in [0.3, 0.4) is 0 Å². The van der Waals surface area contributed by atoms with Gasteiger partial charge in [-0.15, -0.1) is 0 Å². The second-order valence-electron chi connectivity index (χ2n) is 4.87. The van der Waals surface area contributed by atoms with Crippen molar-refractivity contribution in [3.63, 3.8) is 0 Å². The molecule has 19 heavy (non-hydrogen) atoms. The number of aromatic carboxylic acids is 1. The van der Waals surface area contributed by atoms with E-state index in [1.54, 1.807) is 0 Å². The summed E-state index contributed by atoms with van der Waals surface area (Å²) in [6.45, 7) is 1.50. The Bertz CT molecular complexity index is 464. The fourth-order valence-corrected chi connectivity index (χ4v) is 2.27. The predicted octanol–water partition coefficient (Wildman–Crippen LogP) is 1.23. The van der Waals surface area contributed by atoms with Crippen molar-refractivity contribution < 1.29 is 14.6 Å². The lowest BCUT2D eigenvalue weighted by Crippen LogP contribution is -2.40. The third-order valence-corrected chi connectivity index (χ3v) is 3.44. The first kappa shape index (κ1) is 13.6. The van der Waals surface area contributed by atoms with Crippen molar-refractivity contribution >= 4 is 11.7 Å². The van der Waals surface area contributed by atoms with Gasteiger partial charge in [-0.1, -0.05) is 6.42 Å². The monoisotopic (exact) mass is 265 g/mol. The van der Waals surface area contributed by atoms with Crippen molar-refractivity contribution in [2.75, 3.05) is 25.9 Å². The van der Waals surface area contributed by atoms with Crippen molar-refractivity contribution in [3.05, 3.63) is 17.8 Å². The second kappa shape index (κ2) is 5.88. The highest BCUT2D eigenvalue weighted by Crippen LogP contribution is 2.20. The molecule has 0 amide bonds. The molecule has 1 aliphatic rings. The number of hydrogen-bond acceptors (Lipinski definition) is 5. The molecule has 0 saturated carbocycles. The maximum Gasteiger partial charge on any atom is 0.341 e. The van der Waals surface area contributed by atoms with Gasteiger partial charge in [0, 0.05) is 6.04 Å². The molecule has 1 saturated heterocycles. The molecule has 1 fully saturated rings. The molecule has 6 nitrogen and oxygen atoms in total. The molecule has 2 rings (SSSR count). The van der Waals surface area contributed by atoms with E-state index in [2.05, 4.69) is 16.9 Å². The van der Waals surface area contributed by atoms with E-state index in [-0.39, 0.29) is 11.4 Å². The van der Waals surface area contributed by atoms with E-state index in [1.807, 2.05) is 0 Å². The molecule has 104 valence electrons. The Balaban J connectivity index is 2.04. The van der Waals surface area contributed by atoms with Gasteiger partial charge in [-0.05, 0) is 32.5 Å². The highest BCUT2D eigenvalue weighted by Gasteiger charge is 2.21. The van der Waals surface area contributed by atoms with E-state index in [4.69, 9.17) is 15.6 Å². The van der Waals surface area contributed by atoms with E-state index in [0.717, 1.165) is 13.0 Å². The molecule has 0 spiro atoms. The SMILES string of the molecule is CN1CCCCC1COc1ncc(N)cc1C(=O)O. The zero-order chi connectivity index (χ0) is 13.8. The van der Waals surface area contributed by atoms with Gasteiger partial charge in [0.1, 0.15) is 12.2 Å². The van der Waals surface area contributed by atoms with Crippen LogP contribution in [0.1, 0.15) is 29.6 Å². The minimum atomic E-state index is -1.08. The summed E-state index contributed by atoms with van der Waals surface area (Å²) in [5.41, 5.74) is 5.87. The average molecular weight is 265 g/mol. The highest BCUT2D eigenvalue weighted by atomic mass is 16.5. The second-order valence-corrected chi connectivity index (χ2v) is 4.87. The molecular weight excluding hydrogens is 246 g/mol. The predicted molar refractivity (Wildman–Crippen MR) is 71.4 cm³/mol. The Morgan fingerprint density at radius 1 is 1.63 bits per heavy atom. The molecule has 0 radical (unpaired) electrons. The number of likely N-dealkylation sites (N-methyl/N-ethyl adjacent to an activating group) is 1. The standard InChI is InChI=1S/C13H19N3O3/c1-16-5-3-2-4-10(16)8-19-12-11(13(17)18)6-9(14)7-15-12/h6-7,10H,2-5,8,14H2,1H3,(H,17,18). The van der Waals surface area contributed by atoms with Crippen molar-refractivity contribution in [1.82, 2.24) is 9.88 Å². The quantitative estimate of drug-likeness (QED) is 0.851. The number of nitrogens with zero attached hydrogens (tertiary/aromatic N) is 2. The number of anilines is 1. The molecule has 6 heteroatoms. The number of carbonyl (C=O) groups is 1. The summed E-state index contributed by atoms with van der Waals surface area (Å²) in [7, 11) is 2.06. The van der Waals surface area contributed by atoms with Crippen molar-refractivity contribution in [1.29, 1.82) is 0 Å². The van der Waals surface area contributed by atoms with Crippen LogP contribution in [0.2, 0.25) is 0 Å². The number of pyridine rings is 1. The summed E-state index contributed by atoms with van der Waals surface area (Å²) in [5.74, 6) is -0.938. The molecular formula is C13H19N3O3. The molecule has 1 unspecified atom stereocenters. The van der Waals surface area contributed by atoms with Crippen LogP contribution in [0.5, 0.6) is 5.88 Å². The van der Waals surface area contributed by atoms with Gasteiger partial charge in [0.05, 0.1) is 11.9 Å². The van der Waals surface area contributed by atoms with Crippen LogP contribution < -0.4 is 10.5 Å². The van der Waals surface area contributed by atoms with E-state index in [9.17, 15) is 4.79 Å². The van der Waals surface area contributed by atoms with Crippen LogP contribution in [0.25, 0.3) is 0 Å². The fraction of sp³-hybridized carbons (Fsp3) is 0.538. The summed E-state index contributed by atoms with van der Waals surface area (Å²) >= 11 is 0. The Hall–Kier alpha value is -1.82. The fourth-order valence-electron chi connectivity index (χ4n) is 2.27. The average Bonchev–Trinajstić information content (AvgIpc) is 2.38. The molecule has 2 heterocycles. The Labute approximate surface area is 112 Å². The number of nitrogens with two attached hydrogens (primary N) is 1. The van der Waals surface area contributed by atoms with Crippen LogP contribution in [0.4, 0.5) is 5.69 Å². The van der Waals surface area contributed by atoms with Crippen LogP contribution >= 0.6 is 0 Å². The lowest BCUT2D eigenvalue weighted by molar-refractivity contribution is 0.0686. The molecule has 1 aromatic heterocycles. The van der Waals surface area contributed by atoms with Crippen molar-refractivity contribution in [3.8, 4) is 5.88 Å². The zero-order valence-corrected chi connectivity index (χ0v) is 11.0. The largest absolute Gasteiger partial charge is 0.477 e. The number of nitrogen functional groups attached to an aromatic ring is 1. The first-order valence-electron chi connectivity index (χ1n) is 6.40. The highest BCUT2D eigenvalue weighted by molar-refractivity contribution is 5.91. The third kappa shape index (κ3) is 3.35. The van der Waals surface area contributed by atoms with Crippen molar-refractivity contribution in [2.45, 2.75) is 25.3 Å². The number of rotatable bonds is 4.